The maximum atomic E-state index is 12.6. The second-order valence-corrected chi connectivity index (χ2v) is 8.48. The largest absolute Gasteiger partial charge is 0.485 e. The third-order valence-corrected chi connectivity index (χ3v) is 6.00. The van der Waals surface area contributed by atoms with E-state index in [1.54, 1.807) is 30.3 Å². The lowest BCUT2D eigenvalue weighted by Crippen LogP contribution is -2.40. The molecular weight excluding hydrogens is 404 g/mol. The smallest absolute Gasteiger partial charge is 0.269 e. The number of para-hydroxylation sites is 3. The van der Waals surface area contributed by atoms with Gasteiger partial charge in [-0.3, -0.25) is 9.52 Å². The number of rotatable bonds is 5. The van der Waals surface area contributed by atoms with Gasteiger partial charge in [0.05, 0.1) is 10.6 Å². The molecule has 1 heterocycles. The molecule has 3 aromatic carbocycles. The van der Waals surface area contributed by atoms with Crippen molar-refractivity contribution in [3.63, 3.8) is 0 Å². The van der Waals surface area contributed by atoms with Crippen molar-refractivity contribution in [1.29, 1.82) is 0 Å². The minimum Gasteiger partial charge on any atom is -0.485 e. The third-order valence-electron chi connectivity index (χ3n) is 4.62. The fraction of sp³-hybridized carbons (Fsp3) is 0.136. The fourth-order valence-corrected chi connectivity index (χ4v) is 4.11. The highest BCUT2D eigenvalue weighted by atomic mass is 32.2. The summed E-state index contributed by atoms with van der Waals surface area (Å²) >= 11 is 0. The Morgan fingerprint density at radius 3 is 2.33 bits per heavy atom. The van der Waals surface area contributed by atoms with Crippen LogP contribution in [0.1, 0.15) is 5.56 Å². The van der Waals surface area contributed by atoms with Gasteiger partial charge in [-0.2, -0.15) is 0 Å². The zero-order valence-electron chi connectivity index (χ0n) is 16.2. The molecule has 0 aliphatic carbocycles. The Bertz CT molecular complexity index is 1180. The van der Waals surface area contributed by atoms with Crippen LogP contribution in [0.3, 0.4) is 0 Å². The molecule has 0 saturated heterocycles. The van der Waals surface area contributed by atoms with E-state index in [1.165, 1.54) is 24.3 Å². The van der Waals surface area contributed by atoms with Gasteiger partial charge in [0, 0.05) is 5.69 Å². The standard InChI is InChI=1S/C22H20N2O5S/c1-15-6-2-3-7-18(15)24-30(26,27)17-12-10-16(11-13-17)23-22(25)21-14-28-19-8-4-5-9-20(19)29-21/h2-13,21,24H,14H2,1H3,(H,23,25)/t21-/m0/s1. The minimum atomic E-state index is -3.74. The van der Waals surface area contributed by atoms with Gasteiger partial charge in [-0.15, -0.1) is 0 Å². The van der Waals surface area contributed by atoms with Crippen molar-refractivity contribution in [2.24, 2.45) is 0 Å². The lowest BCUT2D eigenvalue weighted by atomic mass is 10.2. The highest BCUT2D eigenvalue weighted by Gasteiger charge is 2.27. The number of ether oxygens (including phenoxy) is 2. The monoisotopic (exact) mass is 424 g/mol. The SMILES string of the molecule is Cc1ccccc1NS(=O)(=O)c1ccc(NC(=O)[C@@H]2COc3ccccc3O2)cc1. The van der Waals surface area contributed by atoms with Gasteiger partial charge >= 0.3 is 0 Å². The van der Waals surface area contributed by atoms with E-state index in [1.807, 2.05) is 25.1 Å². The van der Waals surface area contributed by atoms with Crippen molar-refractivity contribution in [2.75, 3.05) is 16.6 Å². The average molecular weight is 424 g/mol. The number of anilines is 2. The van der Waals surface area contributed by atoms with Crippen LogP contribution < -0.4 is 19.5 Å². The van der Waals surface area contributed by atoms with Gasteiger partial charge in [-0.1, -0.05) is 30.3 Å². The molecule has 0 spiro atoms. The molecule has 1 atom stereocenters. The Hall–Kier alpha value is -3.52. The number of aryl methyl sites for hydroxylation is 1. The van der Waals surface area contributed by atoms with E-state index < -0.39 is 16.1 Å². The molecule has 30 heavy (non-hydrogen) atoms. The Balaban J connectivity index is 1.42. The van der Waals surface area contributed by atoms with Crippen LogP contribution in [0.25, 0.3) is 0 Å². The molecule has 0 aromatic heterocycles. The number of carbonyl (C=O) groups is 1. The van der Waals surface area contributed by atoms with Gasteiger partial charge in [0.1, 0.15) is 6.61 Å². The zero-order valence-corrected chi connectivity index (χ0v) is 17.0. The molecule has 0 radical (unpaired) electrons. The van der Waals surface area contributed by atoms with Gasteiger partial charge in [-0.25, -0.2) is 8.42 Å². The number of fused-ring (bicyclic) bond motifs is 1. The van der Waals surface area contributed by atoms with E-state index in [2.05, 4.69) is 10.0 Å². The summed E-state index contributed by atoms with van der Waals surface area (Å²) in [7, 11) is -3.74. The van der Waals surface area contributed by atoms with Crippen molar-refractivity contribution in [3.05, 3.63) is 78.4 Å². The van der Waals surface area contributed by atoms with E-state index in [4.69, 9.17) is 9.47 Å². The molecule has 1 aliphatic rings. The van der Waals surface area contributed by atoms with E-state index in [-0.39, 0.29) is 17.4 Å². The average Bonchev–Trinajstić information content (AvgIpc) is 2.75. The maximum Gasteiger partial charge on any atom is 0.269 e. The third kappa shape index (κ3) is 4.23. The van der Waals surface area contributed by atoms with Crippen LogP contribution in [0.5, 0.6) is 11.5 Å². The summed E-state index contributed by atoms with van der Waals surface area (Å²) in [6.07, 6.45) is -0.800. The molecule has 2 N–H and O–H groups in total. The number of benzene rings is 3. The Morgan fingerprint density at radius 1 is 0.933 bits per heavy atom. The summed E-state index contributed by atoms with van der Waals surface area (Å²) in [5.74, 6) is 0.725. The highest BCUT2D eigenvalue weighted by molar-refractivity contribution is 7.92. The Kier molecular flexibility index (Phi) is 5.33. The van der Waals surface area contributed by atoms with Crippen LogP contribution in [0, 0.1) is 6.92 Å². The fourth-order valence-electron chi connectivity index (χ4n) is 2.98. The first-order valence-corrected chi connectivity index (χ1v) is 10.8. The van der Waals surface area contributed by atoms with E-state index in [0.29, 0.717) is 22.9 Å². The summed E-state index contributed by atoms with van der Waals surface area (Å²) < 4.78 is 39.0. The predicted molar refractivity (Wildman–Crippen MR) is 113 cm³/mol. The zero-order chi connectivity index (χ0) is 21.1. The summed E-state index contributed by atoms with van der Waals surface area (Å²) in [6.45, 7) is 1.92. The quantitative estimate of drug-likeness (QED) is 0.653. The molecule has 7 nitrogen and oxygen atoms in total. The normalized spacial score (nSPS) is 15.3. The predicted octanol–water partition coefficient (Wildman–Crippen LogP) is 3.57. The van der Waals surface area contributed by atoms with Gasteiger partial charge in [0.25, 0.3) is 15.9 Å². The first kappa shape index (κ1) is 19.8. The molecule has 8 heteroatoms. The number of carbonyl (C=O) groups excluding carboxylic acids is 1. The molecule has 3 aromatic rings. The Morgan fingerprint density at radius 2 is 1.60 bits per heavy atom. The molecule has 1 aliphatic heterocycles. The van der Waals surface area contributed by atoms with Crippen LogP contribution in [0.15, 0.2) is 77.7 Å². The molecule has 0 saturated carbocycles. The van der Waals surface area contributed by atoms with E-state index in [0.717, 1.165) is 5.56 Å². The maximum absolute atomic E-state index is 12.6. The minimum absolute atomic E-state index is 0.0925. The second kappa shape index (κ2) is 8.08. The van der Waals surface area contributed by atoms with E-state index >= 15 is 0 Å². The molecule has 0 bridgehead atoms. The lowest BCUT2D eigenvalue weighted by Gasteiger charge is -2.25. The van der Waals surface area contributed by atoms with E-state index in [9.17, 15) is 13.2 Å². The van der Waals surface area contributed by atoms with Crippen LogP contribution in [-0.4, -0.2) is 27.0 Å². The number of hydrogen-bond donors (Lipinski definition) is 2. The summed E-state index contributed by atoms with van der Waals surface area (Å²) in [4.78, 5) is 12.6. The van der Waals surface area contributed by atoms with Crippen molar-refractivity contribution in [2.45, 2.75) is 17.9 Å². The van der Waals surface area contributed by atoms with Crippen molar-refractivity contribution in [1.82, 2.24) is 0 Å². The van der Waals surface area contributed by atoms with Gasteiger partial charge in [0.15, 0.2) is 11.5 Å². The summed E-state index contributed by atoms with van der Waals surface area (Å²) in [6, 6.07) is 20.2. The Labute approximate surface area is 174 Å². The number of sulfonamides is 1. The van der Waals surface area contributed by atoms with Crippen molar-refractivity contribution < 1.29 is 22.7 Å². The summed E-state index contributed by atoms with van der Waals surface area (Å²) in [5, 5.41) is 2.72. The molecule has 4 rings (SSSR count). The van der Waals surface area contributed by atoms with Crippen LogP contribution in [-0.2, 0) is 14.8 Å². The first-order valence-electron chi connectivity index (χ1n) is 9.30. The second-order valence-electron chi connectivity index (χ2n) is 6.80. The molecular formula is C22H20N2O5S. The topological polar surface area (TPSA) is 93.7 Å². The first-order chi connectivity index (χ1) is 14.4. The number of hydrogen-bond acceptors (Lipinski definition) is 5. The van der Waals surface area contributed by atoms with Crippen LogP contribution in [0.4, 0.5) is 11.4 Å². The van der Waals surface area contributed by atoms with Crippen molar-refractivity contribution >= 4 is 27.3 Å². The van der Waals surface area contributed by atoms with Crippen LogP contribution in [0.2, 0.25) is 0 Å². The van der Waals surface area contributed by atoms with Gasteiger partial charge in [0.2, 0.25) is 6.10 Å². The van der Waals surface area contributed by atoms with Crippen LogP contribution >= 0.6 is 0 Å². The summed E-state index contributed by atoms with van der Waals surface area (Å²) in [5.41, 5.74) is 1.79. The molecule has 0 fully saturated rings. The molecule has 154 valence electrons. The molecule has 1 amide bonds. The van der Waals surface area contributed by atoms with Crippen molar-refractivity contribution in [3.8, 4) is 11.5 Å². The van der Waals surface area contributed by atoms with Gasteiger partial charge in [-0.05, 0) is 55.0 Å². The highest BCUT2D eigenvalue weighted by Crippen LogP contribution is 2.31. The lowest BCUT2D eigenvalue weighted by molar-refractivity contribution is -0.125. The number of amides is 1. The molecule has 0 unspecified atom stereocenters. The van der Waals surface area contributed by atoms with Gasteiger partial charge < -0.3 is 14.8 Å². The number of nitrogens with one attached hydrogen (secondary N) is 2.